The average molecular weight is 511 g/mol. The van der Waals surface area contributed by atoms with Gasteiger partial charge in [-0.25, -0.2) is 17.8 Å². The normalized spacial score (nSPS) is 13.1. The Balaban J connectivity index is 1.49. The third-order valence-electron chi connectivity index (χ3n) is 5.79. The number of nitrogens with one attached hydrogen (secondary N) is 2. The monoisotopic (exact) mass is 510 g/mol. The first kappa shape index (κ1) is 23.7. The van der Waals surface area contributed by atoms with Crippen molar-refractivity contribution in [3.63, 3.8) is 0 Å². The third-order valence-corrected chi connectivity index (χ3v) is 7.14. The van der Waals surface area contributed by atoms with Crippen LogP contribution in [-0.2, 0) is 10.0 Å². The van der Waals surface area contributed by atoms with E-state index in [0.29, 0.717) is 48.5 Å². The van der Waals surface area contributed by atoms with Crippen LogP contribution in [0.2, 0.25) is 0 Å². The second-order valence-electron chi connectivity index (χ2n) is 8.32. The van der Waals surface area contributed by atoms with Crippen LogP contribution in [0.3, 0.4) is 0 Å². The van der Waals surface area contributed by atoms with Gasteiger partial charge in [0.05, 0.1) is 22.4 Å². The molecule has 11 heteroatoms. The summed E-state index contributed by atoms with van der Waals surface area (Å²) in [6.45, 7) is 2.80. The maximum atomic E-state index is 15.2. The number of hydrogen-bond donors (Lipinski definition) is 2. The maximum Gasteiger partial charge on any atom is 0.232 e. The molecule has 0 amide bonds. The van der Waals surface area contributed by atoms with Crippen LogP contribution in [0.1, 0.15) is 35.8 Å². The summed E-state index contributed by atoms with van der Waals surface area (Å²) in [5.74, 6) is -0.505. The number of sulfonamides is 1. The van der Waals surface area contributed by atoms with Gasteiger partial charge in [-0.1, -0.05) is 25.5 Å². The van der Waals surface area contributed by atoms with Gasteiger partial charge in [-0.2, -0.15) is 5.10 Å². The van der Waals surface area contributed by atoms with Crippen LogP contribution in [0.5, 0.6) is 11.5 Å². The topological polar surface area (TPSA) is 123 Å². The van der Waals surface area contributed by atoms with Gasteiger partial charge in [0.15, 0.2) is 23.0 Å². The van der Waals surface area contributed by atoms with E-state index in [-0.39, 0.29) is 28.3 Å². The smallest absolute Gasteiger partial charge is 0.232 e. The van der Waals surface area contributed by atoms with Gasteiger partial charge in [0, 0.05) is 11.8 Å². The molecule has 0 saturated carbocycles. The Morgan fingerprint density at radius 3 is 2.72 bits per heavy atom. The van der Waals surface area contributed by atoms with Crippen LogP contribution < -0.4 is 14.2 Å². The Labute approximate surface area is 206 Å². The fourth-order valence-corrected chi connectivity index (χ4v) is 5.19. The standard InChI is InChI=1S/C25H23FN4O5S/c1-2-3-11-36(32,33)30-19-6-4-5-17(22(19)26)24(31)23-18-12-16(14-27-25(18)29-28-23)15-7-8-20-21(13-15)35-10-9-34-20/h4-8,12-14,30H,2-3,9-11H2,1H3,(H,27,28,29). The number of aromatic nitrogens is 3. The minimum Gasteiger partial charge on any atom is -0.486 e. The maximum absolute atomic E-state index is 15.2. The van der Waals surface area contributed by atoms with Crippen molar-refractivity contribution in [1.82, 2.24) is 15.2 Å². The van der Waals surface area contributed by atoms with E-state index in [9.17, 15) is 13.2 Å². The molecule has 3 heterocycles. The van der Waals surface area contributed by atoms with Gasteiger partial charge in [0.25, 0.3) is 0 Å². The molecule has 0 unspecified atom stereocenters. The lowest BCUT2D eigenvalue weighted by Crippen LogP contribution is -2.18. The Hall–Kier alpha value is -3.99. The fourth-order valence-electron chi connectivity index (χ4n) is 3.93. The molecule has 0 radical (unpaired) electrons. The molecule has 0 bridgehead atoms. The lowest BCUT2D eigenvalue weighted by Gasteiger charge is -2.18. The summed E-state index contributed by atoms with van der Waals surface area (Å²) < 4.78 is 53.2. The van der Waals surface area contributed by atoms with Crippen molar-refractivity contribution in [2.45, 2.75) is 19.8 Å². The summed E-state index contributed by atoms with van der Waals surface area (Å²) in [6, 6.07) is 11.2. The highest BCUT2D eigenvalue weighted by atomic mass is 32.2. The fraction of sp³-hybridized carbons (Fsp3) is 0.240. The van der Waals surface area contributed by atoms with Crippen molar-refractivity contribution < 1.29 is 27.1 Å². The lowest BCUT2D eigenvalue weighted by atomic mass is 10.0. The first-order valence-corrected chi connectivity index (χ1v) is 13.1. The highest BCUT2D eigenvalue weighted by Gasteiger charge is 2.23. The number of aromatic amines is 1. The van der Waals surface area contributed by atoms with Gasteiger partial charge in [-0.05, 0) is 42.3 Å². The average Bonchev–Trinajstić information content (AvgIpc) is 3.31. The number of pyridine rings is 1. The van der Waals surface area contributed by atoms with Gasteiger partial charge >= 0.3 is 0 Å². The first-order chi connectivity index (χ1) is 17.4. The summed E-state index contributed by atoms with van der Waals surface area (Å²) in [5.41, 5.74) is 1.26. The van der Waals surface area contributed by atoms with Gasteiger partial charge in [0.2, 0.25) is 15.8 Å². The van der Waals surface area contributed by atoms with Gasteiger partial charge in [0.1, 0.15) is 18.9 Å². The molecule has 2 aromatic carbocycles. The quantitative estimate of drug-likeness (QED) is 0.339. The molecule has 0 spiro atoms. The minimum atomic E-state index is -3.74. The molecular formula is C25H23FN4O5S. The van der Waals surface area contributed by atoms with E-state index >= 15 is 4.39 Å². The first-order valence-electron chi connectivity index (χ1n) is 11.4. The van der Waals surface area contributed by atoms with Crippen molar-refractivity contribution in [3.05, 3.63) is 65.7 Å². The third kappa shape index (κ3) is 4.61. The number of carbonyl (C=O) groups is 1. The summed E-state index contributed by atoms with van der Waals surface area (Å²) in [6.07, 6.45) is 2.74. The van der Waals surface area contributed by atoms with E-state index in [1.165, 1.54) is 18.2 Å². The molecule has 0 atom stereocenters. The second-order valence-corrected chi connectivity index (χ2v) is 10.2. The SMILES string of the molecule is CCCCS(=O)(=O)Nc1cccc(C(=O)c2[nH]nc3ncc(-c4ccc5c(c4)OCCO5)cc23)c1F. The number of hydrogen-bond acceptors (Lipinski definition) is 7. The van der Waals surface area contributed by atoms with E-state index in [4.69, 9.17) is 9.47 Å². The predicted octanol–water partition coefficient (Wildman–Crippen LogP) is 4.31. The number of carbonyl (C=O) groups excluding carboxylic acids is 1. The largest absolute Gasteiger partial charge is 0.486 e. The van der Waals surface area contributed by atoms with Crippen LogP contribution in [0, 0.1) is 5.82 Å². The highest BCUT2D eigenvalue weighted by molar-refractivity contribution is 7.92. The zero-order valence-corrected chi connectivity index (χ0v) is 20.2. The van der Waals surface area contributed by atoms with E-state index in [1.807, 2.05) is 19.1 Å². The number of nitrogens with zero attached hydrogens (tertiary/aromatic N) is 2. The number of anilines is 1. The van der Waals surface area contributed by atoms with Crippen LogP contribution in [0.15, 0.2) is 48.7 Å². The molecule has 2 aromatic heterocycles. The Morgan fingerprint density at radius 2 is 1.92 bits per heavy atom. The number of benzene rings is 2. The molecule has 9 nitrogen and oxygen atoms in total. The van der Waals surface area contributed by atoms with E-state index in [2.05, 4.69) is 19.9 Å². The van der Waals surface area contributed by atoms with E-state index in [0.717, 1.165) is 5.56 Å². The summed E-state index contributed by atoms with van der Waals surface area (Å²) in [7, 11) is -3.74. The molecule has 1 aliphatic rings. The van der Waals surface area contributed by atoms with Crippen molar-refractivity contribution in [2.75, 3.05) is 23.7 Å². The summed E-state index contributed by atoms with van der Waals surface area (Å²) >= 11 is 0. The Kier molecular flexibility index (Phi) is 6.31. The highest BCUT2D eigenvalue weighted by Crippen LogP contribution is 2.35. The van der Waals surface area contributed by atoms with Gasteiger partial charge < -0.3 is 9.47 Å². The van der Waals surface area contributed by atoms with Crippen LogP contribution in [0.4, 0.5) is 10.1 Å². The molecule has 5 rings (SSSR count). The molecule has 0 fully saturated rings. The molecule has 0 aliphatic carbocycles. The molecule has 2 N–H and O–H groups in total. The Morgan fingerprint density at radius 1 is 1.11 bits per heavy atom. The number of halogens is 1. The molecule has 186 valence electrons. The zero-order valence-electron chi connectivity index (χ0n) is 19.4. The molecule has 4 aromatic rings. The summed E-state index contributed by atoms with van der Waals surface area (Å²) in [5, 5.41) is 7.13. The minimum absolute atomic E-state index is 0.0433. The number of rotatable bonds is 8. The van der Waals surface area contributed by atoms with Crippen LogP contribution >= 0.6 is 0 Å². The number of H-pyrrole nitrogens is 1. The van der Waals surface area contributed by atoms with Crippen LogP contribution in [-0.4, -0.2) is 48.3 Å². The number of ether oxygens (including phenoxy) is 2. The van der Waals surface area contributed by atoms with E-state index < -0.39 is 21.6 Å². The molecule has 36 heavy (non-hydrogen) atoms. The zero-order chi connectivity index (χ0) is 25.3. The number of unbranched alkanes of at least 4 members (excludes halogenated alkanes) is 1. The predicted molar refractivity (Wildman–Crippen MR) is 132 cm³/mol. The van der Waals surface area contributed by atoms with Crippen molar-refractivity contribution in [1.29, 1.82) is 0 Å². The Bertz CT molecular complexity index is 1570. The van der Waals surface area contributed by atoms with Crippen LogP contribution in [0.25, 0.3) is 22.2 Å². The van der Waals surface area contributed by atoms with Crippen molar-refractivity contribution in [2.24, 2.45) is 0 Å². The van der Waals surface area contributed by atoms with E-state index in [1.54, 1.807) is 18.3 Å². The lowest BCUT2D eigenvalue weighted by molar-refractivity contribution is 0.103. The second kappa shape index (κ2) is 9.57. The van der Waals surface area contributed by atoms with Gasteiger partial charge in [-0.15, -0.1) is 0 Å². The van der Waals surface area contributed by atoms with Gasteiger partial charge in [-0.3, -0.25) is 14.6 Å². The molecular weight excluding hydrogens is 487 g/mol. The number of ketones is 1. The summed E-state index contributed by atoms with van der Waals surface area (Å²) in [4.78, 5) is 17.6. The number of fused-ring (bicyclic) bond motifs is 2. The molecule has 0 saturated heterocycles. The van der Waals surface area contributed by atoms with Crippen molar-refractivity contribution in [3.8, 4) is 22.6 Å². The molecule has 1 aliphatic heterocycles. The van der Waals surface area contributed by atoms with Crippen molar-refractivity contribution >= 4 is 32.5 Å².